The number of Topliss-reactive ketones (excluding diaryl/α,β-unsaturated/α-hetero) is 1. The molecule has 8 nitrogen and oxygen atoms in total. The minimum atomic E-state index is -0.910. The van der Waals surface area contributed by atoms with E-state index in [1.165, 1.54) is 19.8 Å². The number of hydrogen-bond donors (Lipinski definition) is 5. The first-order chi connectivity index (χ1) is 23.8. The monoisotopic (exact) mass is 664 g/mol. The van der Waals surface area contributed by atoms with Crippen LogP contribution in [0.4, 0.5) is 0 Å². The lowest BCUT2D eigenvalue weighted by atomic mass is 9.82. The molecule has 5 rings (SSSR count). The summed E-state index contributed by atoms with van der Waals surface area (Å²) in [6, 6.07) is 25.1. The van der Waals surface area contributed by atoms with Gasteiger partial charge in [0.25, 0.3) is 0 Å². The van der Waals surface area contributed by atoms with Gasteiger partial charge in [-0.2, -0.15) is 0 Å². The van der Waals surface area contributed by atoms with E-state index >= 15 is 0 Å². The number of methoxy groups -OCH3 is 2. The molecule has 0 aliphatic carbocycles. The minimum Gasteiger partial charge on any atom is -0.504 e. The third-order valence-electron chi connectivity index (χ3n) is 9.30. The van der Waals surface area contributed by atoms with Crippen LogP contribution in [0.2, 0.25) is 0 Å². The Hall–Kier alpha value is -4.79. The second kappa shape index (κ2) is 17.0. The van der Waals surface area contributed by atoms with Crippen LogP contribution in [0, 0.1) is 11.8 Å². The molecule has 49 heavy (non-hydrogen) atoms. The van der Waals surface area contributed by atoms with E-state index in [1.54, 1.807) is 24.3 Å². The van der Waals surface area contributed by atoms with Crippen molar-refractivity contribution in [1.29, 1.82) is 0 Å². The van der Waals surface area contributed by atoms with Crippen LogP contribution in [0.5, 0.6) is 23.0 Å². The number of fused-ring (bicyclic) bond motifs is 1. The summed E-state index contributed by atoms with van der Waals surface area (Å²) >= 11 is 0. The number of aromatic nitrogens is 1. The van der Waals surface area contributed by atoms with E-state index in [2.05, 4.69) is 53.6 Å². The Labute approximate surface area is 288 Å². The highest BCUT2D eigenvalue weighted by atomic mass is 16.5. The second-order valence-corrected chi connectivity index (χ2v) is 12.9. The van der Waals surface area contributed by atoms with Crippen molar-refractivity contribution in [1.82, 2.24) is 10.3 Å². The molecule has 0 aliphatic rings. The van der Waals surface area contributed by atoms with Gasteiger partial charge in [0.2, 0.25) is 0 Å². The molecule has 0 bridgehead atoms. The van der Waals surface area contributed by atoms with E-state index < -0.39 is 12.0 Å². The highest BCUT2D eigenvalue weighted by molar-refractivity contribution is 5.87. The molecule has 0 saturated carbocycles. The first kappa shape index (κ1) is 35.5. The molecule has 3 unspecified atom stereocenters. The summed E-state index contributed by atoms with van der Waals surface area (Å²) in [4.78, 5) is 17.4. The molecular formula is C41H48N2O6. The average Bonchev–Trinajstić information content (AvgIpc) is 3.62. The minimum absolute atomic E-state index is 0.00996. The summed E-state index contributed by atoms with van der Waals surface area (Å²) in [5, 5.41) is 37.9. The zero-order valence-corrected chi connectivity index (χ0v) is 28.6. The lowest BCUT2D eigenvalue weighted by molar-refractivity contribution is -0.125. The predicted molar refractivity (Wildman–Crippen MR) is 193 cm³/mol. The molecule has 8 heteroatoms. The molecule has 0 saturated heterocycles. The number of ether oxygens (including phenoxy) is 2. The smallest absolute Gasteiger partial charge is 0.160 e. The van der Waals surface area contributed by atoms with Crippen LogP contribution in [0.15, 0.2) is 91.3 Å². The van der Waals surface area contributed by atoms with Crippen LogP contribution in [0.25, 0.3) is 10.8 Å². The fraction of sp³-hybridized carbons (Fsp3) is 0.341. The number of aromatic amines is 1. The van der Waals surface area contributed by atoms with Crippen molar-refractivity contribution in [2.75, 3.05) is 20.8 Å². The van der Waals surface area contributed by atoms with Crippen LogP contribution < -0.4 is 14.8 Å². The SMILES string of the molecule is CCCNCc1cccc2ccc(CC(Cc3ccc(O)c(OC)c3)C(=O)CC(O)C(Cc3cc[nH]c3)Cc3ccc(O)c(OC)c3)cc12. The first-order valence-electron chi connectivity index (χ1n) is 17.0. The third kappa shape index (κ3) is 9.43. The van der Waals surface area contributed by atoms with Crippen LogP contribution in [-0.4, -0.2) is 53.0 Å². The number of hydrogen-bond acceptors (Lipinski definition) is 7. The summed E-state index contributed by atoms with van der Waals surface area (Å²) in [6.45, 7) is 3.86. The molecule has 5 N–H and O–H groups in total. The standard InChI is InChI=1S/C41H48N2O6/c1-4-15-42-26-32-7-5-6-31-11-8-27(21-35(31)32)17-33(18-28-9-12-36(44)40(22-28)48-2)38(46)24-39(47)34(20-30-14-16-43-25-30)19-29-10-13-37(45)41(23-29)49-3/h5-14,16,21-23,25,33-34,39,42-45,47H,4,15,17-20,24,26H2,1-3H3. The quantitative estimate of drug-likeness (QED) is 0.0645. The van der Waals surface area contributed by atoms with Gasteiger partial charge in [-0.1, -0.05) is 55.5 Å². The van der Waals surface area contributed by atoms with Crippen molar-refractivity contribution in [3.8, 4) is 23.0 Å². The van der Waals surface area contributed by atoms with E-state index in [0.29, 0.717) is 37.2 Å². The number of rotatable bonds is 18. The maximum absolute atomic E-state index is 14.3. The molecule has 0 fully saturated rings. The number of aromatic hydroxyl groups is 2. The van der Waals surface area contributed by atoms with Gasteiger partial charge in [0.1, 0.15) is 5.78 Å². The fourth-order valence-electron chi connectivity index (χ4n) is 6.61. The second-order valence-electron chi connectivity index (χ2n) is 12.9. The van der Waals surface area contributed by atoms with E-state index in [4.69, 9.17) is 9.47 Å². The Balaban J connectivity index is 1.42. The number of phenolic OH excluding ortho intramolecular Hbond substituents is 2. The normalized spacial score (nSPS) is 13.2. The molecule has 0 spiro atoms. The number of carbonyl (C=O) groups excluding carboxylic acids is 1. The van der Waals surface area contributed by atoms with Gasteiger partial charge in [-0.05, 0) is 113 Å². The van der Waals surface area contributed by atoms with Gasteiger partial charge in [-0.3, -0.25) is 4.79 Å². The van der Waals surface area contributed by atoms with Crippen molar-refractivity contribution < 1.29 is 29.6 Å². The van der Waals surface area contributed by atoms with Crippen LogP contribution in [-0.2, 0) is 37.0 Å². The molecule has 0 aliphatic heterocycles. The van der Waals surface area contributed by atoms with Gasteiger partial charge in [-0.15, -0.1) is 0 Å². The van der Waals surface area contributed by atoms with Gasteiger partial charge in [0.15, 0.2) is 23.0 Å². The van der Waals surface area contributed by atoms with Crippen molar-refractivity contribution >= 4 is 16.6 Å². The summed E-state index contributed by atoms with van der Waals surface area (Å²) in [7, 11) is 3.02. The van der Waals surface area contributed by atoms with Crippen LogP contribution in [0.1, 0.15) is 47.6 Å². The molecule has 258 valence electrons. The third-order valence-corrected chi connectivity index (χ3v) is 9.30. The average molecular weight is 665 g/mol. The van der Waals surface area contributed by atoms with Crippen molar-refractivity contribution in [3.63, 3.8) is 0 Å². The lowest BCUT2D eigenvalue weighted by Crippen LogP contribution is -2.31. The largest absolute Gasteiger partial charge is 0.504 e. The number of aliphatic hydroxyl groups excluding tert-OH is 1. The van der Waals surface area contributed by atoms with Gasteiger partial charge in [0.05, 0.1) is 20.3 Å². The number of ketones is 1. The molecule has 1 heterocycles. The van der Waals surface area contributed by atoms with Gasteiger partial charge < -0.3 is 35.1 Å². The Kier molecular flexibility index (Phi) is 12.4. The summed E-state index contributed by atoms with van der Waals surface area (Å²) in [5.74, 6) is 0.107. The van der Waals surface area contributed by atoms with Crippen LogP contribution >= 0.6 is 0 Å². The van der Waals surface area contributed by atoms with E-state index in [1.807, 2.05) is 30.6 Å². The topological polar surface area (TPSA) is 124 Å². The Morgan fingerprint density at radius 1 is 0.796 bits per heavy atom. The van der Waals surface area contributed by atoms with Gasteiger partial charge in [0, 0.05) is 31.3 Å². The van der Waals surface area contributed by atoms with E-state index in [9.17, 15) is 20.1 Å². The highest BCUT2D eigenvalue weighted by Crippen LogP contribution is 2.32. The highest BCUT2D eigenvalue weighted by Gasteiger charge is 2.28. The number of aliphatic hydroxyl groups is 1. The predicted octanol–water partition coefficient (Wildman–Crippen LogP) is 6.92. The molecule has 4 aromatic carbocycles. The fourth-order valence-corrected chi connectivity index (χ4v) is 6.61. The van der Waals surface area contributed by atoms with Gasteiger partial charge >= 0.3 is 0 Å². The number of nitrogens with one attached hydrogen (secondary N) is 2. The van der Waals surface area contributed by atoms with E-state index in [-0.39, 0.29) is 29.6 Å². The van der Waals surface area contributed by atoms with Crippen molar-refractivity contribution in [3.05, 3.63) is 119 Å². The molecule has 0 radical (unpaired) electrons. The van der Waals surface area contributed by atoms with Crippen molar-refractivity contribution in [2.45, 2.75) is 58.1 Å². The molecule has 1 aromatic heterocycles. The molecule has 3 atom stereocenters. The molecule has 0 amide bonds. The van der Waals surface area contributed by atoms with Gasteiger partial charge in [-0.25, -0.2) is 0 Å². The number of carbonyl (C=O) groups is 1. The summed E-state index contributed by atoms with van der Waals surface area (Å²) < 4.78 is 10.7. The zero-order chi connectivity index (χ0) is 34.8. The van der Waals surface area contributed by atoms with Crippen LogP contribution in [0.3, 0.4) is 0 Å². The Morgan fingerprint density at radius 2 is 1.43 bits per heavy atom. The zero-order valence-electron chi connectivity index (χ0n) is 28.6. The Bertz CT molecular complexity index is 1820. The lowest BCUT2D eigenvalue weighted by Gasteiger charge is -2.25. The number of phenols is 2. The molecular weight excluding hydrogens is 616 g/mol. The number of benzene rings is 4. The van der Waals surface area contributed by atoms with E-state index in [0.717, 1.165) is 52.5 Å². The maximum atomic E-state index is 14.3. The first-order valence-corrected chi connectivity index (χ1v) is 17.0. The van der Waals surface area contributed by atoms with Crippen molar-refractivity contribution in [2.24, 2.45) is 11.8 Å². The molecule has 5 aromatic rings. The summed E-state index contributed by atoms with van der Waals surface area (Å²) in [6.07, 6.45) is 5.89. The number of H-pyrrole nitrogens is 1. The summed E-state index contributed by atoms with van der Waals surface area (Å²) in [5.41, 5.74) is 5.07. The maximum Gasteiger partial charge on any atom is 0.160 e. The Morgan fingerprint density at radius 3 is 2.06 bits per heavy atom.